The maximum absolute atomic E-state index is 11.5. The largest absolute Gasteiger partial charge is 0.373 e. The fourth-order valence-corrected chi connectivity index (χ4v) is 4.42. The minimum Gasteiger partial charge on any atom is -0.373 e. The third-order valence-corrected chi connectivity index (χ3v) is 5.75. The van der Waals surface area contributed by atoms with Gasteiger partial charge in [0.05, 0.1) is 12.2 Å². The van der Waals surface area contributed by atoms with Crippen molar-refractivity contribution >= 4 is 5.91 Å². The first-order chi connectivity index (χ1) is 11.5. The van der Waals surface area contributed by atoms with Crippen molar-refractivity contribution < 1.29 is 9.53 Å². The lowest BCUT2D eigenvalue weighted by Gasteiger charge is -2.37. The molecule has 4 rings (SSSR count). The highest BCUT2D eigenvalue weighted by molar-refractivity contribution is 5.92. The summed E-state index contributed by atoms with van der Waals surface area (Å²) in [6, 6.07) is 0.998. The summed E-state index contributed by atoms with van der Waals surface area (Å²) >= 11 is 0. The van der Waals surface area contributed by atoms with Gasteiger partial charge in [-0.1, -0.05) is 0 Å². The molecule has 1 amide bonds. The molecule has 1 aromatic heterocycles. The highest BCUT2D eigenvalue weighted by atomic mass is 16.5. The van der Waals surface area contributed by atoms with Crippen molar-refractivity contribution in [1.29, 1.82) is 0 Å². The molecular weight excluding hydrogens is 306 g/mol. The van der Waals surface area contributed by atoms with Crippen LogP contribution in [0.2, 0.25) is 0 Å². The fraction of sp³-hybridized carbons (Fsp3) is 0.765. The molecule has 0 aromatic carbocycles. The second-order valence-corrected chi connectivity index (χ2v) is 7.68. The normalized spacial score (nSPS) is 29.2. The topological polar surface area (TPSA) is 85.4 Å². The lowest BCUT2D eigenvalue weighted by Crippen LogP contribution is -2.42. The molecule has 1 spiro atoms. The van der Waals surface area contributed by atoms with Crippen molar-refractivity contribution in [2.24, 2.45) is 12.8 Å². The molecule has 24 heavy (non-hydrogen) atoms. The van der Waals surface area contributed by atoms with E-state index in [9.17, 15) is 4.79 Å². The molecular formula is C17H27N5O2. The van der Waals surface area contributed by atoms with Gasteiger partial charge in [0.25, 0.3) is 5.91 Å². The number of hydrogen-bond donors (Lipinski definition) is 2. The van der Waals surface area contributed by atoms with Crippen molar-refractivity contribution in [1.82, 2.24) is 20.0 Å². The van der Waals surface area contributed by atoms with Crippen molar-refractivity contribution in [2.45, 2.75) is 56.3 Å². The number of aryl methyl sites for hydroxylation is 1. The Bertz CT molecular complexity index is 624. The summed E-state index contributed by atoms with van der Waals surface area (Å²) in [5, 5.41) is 7.95. The van der Waals surface area contributed by atoms with Crippen molar-refractivity contribution in [3.8, 4) is 0 Å². The number of hydrogen-bond acceptors (Lipinski definition) is 5. The Labute approximate surface area is 142 Å². The summed E-state index contributed by atoms with van der Waals surface area (Å²) in [6.07, 6.45) is 7.98. The van der Waals surface area contributed by atoms with Crippen LogP contribution >= 0.6 is 0 Å². The van der Waals surface area contributed by atoms with Gasteiger partial charge in [-0.3, -0.25) is 14.4 Å². The van der Waals surface area contributed by atoms with Gasteiger partial charge in [-0.2, -0.15) is 5.10 Å². The van der Waals surface area contributed by atoms with Gasteiger partial charge in [-0.05, 0) is 32.1 Å². The van der Waals surface area contributed by atoms with Gasteiger partial charge >= 0.3 is 0 Å². The minimum absolute atomic E-state index is 0.210. The molecule has 0 radical (unpaired) electrons. The molecule has 1 aromatic rings. The Morgan fingerprint density at radius 1 is 1.50 bits per heavy atom. The summed E-state index contributed by atoms with van der Waals surface area (Å²) in [5.74, 6) is -0.451. The van der Waals surface area contributed by atoms with Crippen molar-refractivity contribution in [2.75, 3.05) is 19.7 Å². The molecule has 7 heteroatoms. The van der Waals surface area contributed by atoms with Crippen molar-refractivity contribution in [3.05, 3.63) is 17.5 Å². The molecule has 3 aliphatic rings. The Morgan fingerprint density at radius 2 is 2.33 bits per heavy atom. The molecule has 1 aliphatic carbocycles. The highest BCUT2D eigenvalue weighted by Crippen LogP contribution is 2.43. The molecule has 2 unspecified atom stereocenters. The molecule has 1 saturated carbocycles. The summed E-state index contributed by atoms with van der Waals surface area (Å²) in [4.78, 5) is 13.9. The zero-order valence-electron chi connectivity index (χ0n) is 14.3. The lowest BCUT2D eigenvalue weighted by atomic mass is 9.77. The maximum Gasteiger partial charge on any atom is 0.269 e. The number of nitrogens with two attached hydrogens (primary N) is 1. The first kappa shape index (κ1) is 16.1. The number of ether oxygens (including phenoxy) is 1. The van der Waals surface area contributed by atoms with E-state index in [-0.39, 0.29) is 5.60 Å². The van der Waals surface area contributed by atoms with Gasteiger partial charge in [-0.25, -0.2) is 0 Å². The fourth-order valence-electron chi connectivity index (χ4n) is 4.42. The predicted octanol–water partition coefficient (Wildman–Crippen LogP) is 0.395. The second-order valence-electron chi connectivity index (χ2n) is 7.68. The van der Waals surface area contributed by atoms with E-state index in [1.807, 2.05) is 13.2 Å². The number of nitrogens with zero attached hydrogens (tertiary/aromatic N) is 3. The molecule has 2 aliphatic heterocycles. The zero-order chi connectivity index (χ0) is 16.7. The van der Waals surface area contributed by atoms with Crippen LogP contribution in [0.4, 0.5) is 0 Å². The number of carbonyl (C=O) groups is 1. The molecule has 2 atom stereocenters. The Kier molecular flexibility index (Phi) is 4.10. The monoisotopic (exact) mass is 333 g/mol. The number of likely N-dealkylation sites (tertiary alicyclic amines) is 1. The Hall–Kier alpha value is -1.44. The van der Waals surface area contributed by atoms with Crippen LogP contribution in [0.15, 0.2) is 6.20 Å². The Balaban J connectivity index is 1.30. The van der Waals surface area contributed by atoms with Crippen LogP contribution in [0.25, 0.3) is 0 Å². The van der Waals surface area contributed by atoms with E-state index in [2.05, 4.69) is 15.3 Å². The number of nitrogens with one attached hydrogen (secondary N) is 1. The van der Waals surface area contributed by atoms with E-state index in [4.69, 9.17) is 10.5 Å². The average Bonchev–Trinajstić information content (AvgIpc) is 3.18. The van der Waals surface area contributed by atoms with E-state index in [0.29, 0.717) is 17.8 Å². The van der Waals surface area contributed by atoms with Crippen LogP contribution in [0.3, 0.4) is 0 Å². The maximum atomic E-state index is 11.5. The highest BCUT2D eigenvalue weighted by Gasteiger charge is 2.45. The van der Waals surface area contributed by atoms with Crippen LogP contribution in [0.1, 0.15) is 48.2 Å². The van der Waals surface area contributed by atoms with Crippen molar-refractivity contribution in [3.63, 3.8) is 0 Å². The first-order valence-corrected chi connectivity index (χ1v) is 8.98. The standard InChI is InChI=1S/C17H27N5O2/c1-21-8-12(15(20-21)16(18)23)9-22-6-3-13(10-22)19-14-7-17(24-11-14)4-2-5-17/h8,13-14,19H,2-7,9-11H2,1H3,(H2,18,23). The first-order valence-electron chi connectivity index (χ1n) is 8.98. The molecule has 132 valence electrons. The van der Waals surface area contributed by atoms with Gasteiger partial charge in [0.1, 0.15) is 0 Å². The predicted molar refractivity (Wildman–Crippen MR) is 89.5 cm³/mol. The van der Waals surface area contributed by atoms with Gasteiger partial charge < -0.3 is 15.8 Å². The average molecular weight is 333 g/mol. The third-order valence-electron chi connectivity index (χ3n) is 5.75. The minimum atomic E-state index is -0.451. The van der Waals surface area contributed by atoms with Crippen LogP contribution in [0, 0.1) is 0 Å². The third kappa shape index (κ3) is 3.08. The number of primary amides is 1. The number of rotatable bonds is 5. The smallest absolute Gasteiger partial charge is 0.269 e. The number of aromatic nitrogens is 2. The molecule has 3 N–H and O–H groups in total. The van der Waals surface area contributed by atoms with Gasteiger partial charge in [0.15, 0.2) is 5.69 Å². The van der Waals surface area contributed by atoms with E-state index in [0.717, 1.165) is 44.6 Å². The molecule has 7 nitrogen and oxygen atoms in total. The van der Waals surface area contributed by atoms with Crippen LogP contribution < -0.4 is 11.1 Å². The lowest BCUT2D eigenvalue weighted by molar-refractivity contribution is -0.0563. The number of amides is 1. The van der Waals surface area contributed by atoms with Crippen LogP contribution in [-0.2, 0) is 18.3 Å². The van der Waals surface area contributed by atoms with E-state index in [1.165, 1.54) is 19.3 Å². The van der Waals surface area contributed by atoms with Gasteiger partial charge in [0, 0.05) is 50.5 Å². The van der Waals surface area contributed by atoms with Gasteiger partial charge in [-0.15, -0.1) is 0 Å². The van der Waals surface area contributed by atoms with E-state index < -0.39 is 5.91 Å². The quantitative estimate of drug-likeness (QED) is 0.814. The second kappa shape index (κ2) is 6.13. The van der Waals surface area contributed by atoms with E-state index in [1.54, 1.807) is 4.68 Å². The molecule has 0 bridgehead atoms. The number of carbonyl (C=O) groups excluding carboxylic acids is 1. The zero-order valence-corrected chi connectivity index (χ0v) is 14.3. The van der Waals surface area contributed by atoms with Gasteiger partial charge in [0.2, 0.25) is 0 Å². The SMILES string of the molecule is Cn1cc(CN2CCC(NC3COC4(CCC4)C3)C2)c(C(N)=O)n1. The van der Waals surface area contributed by atoms with Crippen LogP contribution in [-0.4, -0.2) is 58.0 Å². The summed E-state index contributed by atoms with van der Waals surface area (Å²) < 4.78 is 7.69. The molecule has 2 saturated heterocycles. The Morgan fingerprint density at radius 3 is 3.00 bits per heavy atom. The van der Waals surface area contributed by atoms with E-state index >= 15 is 0 Å². The summed E-state index contributed by atoms with van der Waals surface area (Å²) in [7, 11) is 1.82. The molecule has 3 fully saturated rings. The molecule has 3 heterocycles. The summed E-state index contributed by atoms with van der Waals surface area (Å²) in [6.45, 7) is 3.61. The van der Waals surface area contributed by atoms with Crippen LogP contribution in [0.5, 0.6) is 0 Å². The summed E-state index contributed by atoms with van der Waals surface area (Å²) in [5.41, 5.74) is 6.95.